The molecule has 0 atom stereocenters. The smallest absolute Gasteiger partial charge is 0.245 e. The molecular formula is C19H19ClN4O. The Morgan fingerprint density at radius 1 is 1.16 bits per heavy atom. The molecule has 0 bridgehead atoms. The summed E-state index contributed by atoms with van der Waals surface area (Å²) in [5.74, 6) is 0.549. The number of aromatic nitrogens is 2. The van der Waals surface area contributed by atoms with Gasteiger partial charge in [0.25, 0.3) is 0 Å². The third-order valence-corrected chi connectivity index (χ3v) is 4.12. The number of nitrogens with zero attached hydrogens (tertiary/aromatic N) is 3. The molecule has 3 rings (SSSR count). The molecule has 0 radical (unpaired) electrons. The summed E-state index contributed by atoms with van der Waals surface area (Å²) in [5, 5.41) is 8.03. The molecule has 0 unspecified atom stereocenters. The van der Waals surface area contributed by atoms with Gasteiger partial charge in [-0.15, -0.1) is 0 Å². The van der Waals surface area contributed by atoms with Gasteiger partial charge in [0.1, 0.15) is 5.82 Å². The number of carbonyl (C=O) groups is 1. The van der Waals surface area contributed by atoms with Crippen molar-refractivity contribution in [2.45, 2.75) is 0 Å². The van der Waals surface area contributed by atoms with E-state index in [1.54, 1.807) is 11.7 Å². The first kappa shape index (κ1) is 17.0. The minimum Gasteiger partial charge on any atom is -0.365 e. The molecule has 3 aromatic rings. The Morgan fingerprint density at radius 2 is 1.84 bits per heavy atom. The van der Waals surface area contributed by atoms with Crippen LogP contribution in [-0.4, -0.2) is 29.3 Å². The molecule has 128 valence electrons. The maximum atomic E-state index is 12.3. The number of amides is 1. The van der Waals surface area contributed by atoms with Gasteiger partial charge in [0.15, 0.2) is 0 Å². The van der Waals surface area contributed by atoms with E-state index >= 15 is 0 Å². The van der Waals surface area contributed by atoms with Gasteiger partial charge in [0.05, 0.1) is 12.2 Å². The minimum absolute atomic E-state index is 0.1000. The third kappa shape index (κ3) is 4.19. The van der Waals surface area contributed by atoms with Crippen LogP contribution in [-0.2, 0) is 11.8 Å². The fourth-order valence-electron chi connectivity index (χ4n) is 2.52. The molecule has 2 aromatic carbocycles. The second kappa shape index (κ2) is 7.40. The van der Waals surface area contributed by atoms with Crippen molar-refractivity contribution >= 4 is 29.0 Å². The van der Waals surface area contributed by atoms with Gasteiger partial charge in [0, 0.05) is 36.4 Å². The van der Waals surface area contributed by atoms with Crippen molar-refractivity contribution in [1.82, 2.24) is 9.78 Å². The molecule has 5 nitrogen and oxygen atoms in total. The van der Waals surface area contributed by atoms with Crippen LogP contribution in [0.1, 0.15) is 0 Å². The molecule has 0 aliphatic rings. The van der Waals surface area contributed by atoms with E-state index in [1.807, 2.05) is 72.6 Å². The summed E-state index contributed by atoms with van der Waals surface area (Å²) < 4.78 is 1.66. The van der Waals surface area contributed by atoms with E-state index in [0.29, 0.717) is 10.8 Å². The fraction of sp³-hybridized carbons (Fsp3) is 0.158. The average Bonchev–Trinajstić information content (AvgIpc) is 2.96. The van der Waals surface area contributed by atoms with E-state index in [2.05, 4.69) is 10.4 Å². The molecule has 1 aromatic heterocycles. The molecule has 0 saturated carbocycles. The monoisotopic (exact) mass is 354 g/mol. The number of halogens is 1. The van der Waals surface area contributed by atoms with E-state index < -0.39 is 0 Å². The maximum absolute atomic E-state index is 12.3. The maximum Gasteiger partial charge on any atom is 0.245 e. The number of rotatable bonds is 5. The number of para-hydroxylation sites is 1. The van der Waals surface area contributed by atoms with Crippen molar-refractivity contribution in [3.8, 4) is 11.3 Å². The highest BCUT2D eigenvalue weighted by Crippen LogP contribution is 2.23. The van der Waals surface area contributed by atoms with Crippen molar-refractivity contribution in [3.05, 3.63) is 65.7 Å². The molecule has 0 saturated heterocycles. The van der Waals surface area contributed by atoms with Gasteiger partial charge in [-0.2, -0.15) is 5.10 Å². The van der Waals surface area contributed by atoms with Gasteiger partial charge < -0.3 is 10.2 Å². The Labute approximate surface area is 151 Å². The number of hydrogen-bond donors (Lipinski definition) is 1. The van der Waals surface area contributed by atoms with Crippen LogP contribution in [0, 0.1) is 0 Å². The lowest BCUT2D eigenvalue weighted by atomic mass is 10.1. The summed E-state index contributed by atoms with van der Waals surface area (Å²) in [6, 6.07) is 19.1. The highest BCUT2D eigenvalue weighted by molar-refractivity contribution is 6.30. The molecule has 1 amide bonds. The van der Waals surface area contributed by atoms with Crippen molar-refractivity contribution < 1.29 is 4.79 Å². The zero-order chi connectivity index (χ0) is 17.8. The normalized spacial score (nSPS) is 10.5. The van der Waals surface area contributed by atoms with Crippen LogP contribution >= 0.6 is 11.6 Å². The van der Waals surface area contributed by atoms with Crippen molar-refractivity contribution in [2.24, 2.45) is 7.05 Å². The topological polar surface area (TPSA) is 50.2 Å². The van der Waals surface area contributed by atoms with E-state index in [-0.39, 0.29) is 12.5 Å². The Kier molecular flexibility index (Phi) is 5.05. The lowest BCUT2D eigenvalue weighted by molar-refractivity contribution is -0.115. The lowest BCUT2D eigenvalue weighted by Gasteiger charge is -2.18. The second-order valence-electron chi connectivity index (χ2n) is 5.79. The number of benzene rings is 2. The Morgan fingerprint density at radius 3 is 2.52 bits per heavy atom. The standard InChI is InChI=1S/C19H19ClN4O/c1-23(16-6-4-3-5-7-16)13-19(25)21-18-12-17(22-24(18)2)14-8-10-15(20)11-9-14/h3-12H,13H2,1-2H3,(H,21,25). The lowest BCUT2D eigenvalue weighted by Crippen LogP contribution is -2.30. The van der Waals surface area contributed by atoms with Crippen LogP contribution in [0.5, 0.6) is 0 Å². The Bertz CT molecular complexity index is 859. The van der Waals surface area contributed by atoms with Gasteiger partial charge in [0.2, 0.25) is 5.91 Å². The molecule has 0 fully saturated rings. The first-order chi connectivity index (χ1) is 12.0. The minimum atomic E-state index is -0.1000. The molecule has 25 heavy (non-hydrogen) atoms. The van der Waals surface area contributed by atoms with E-state index in [1.165, 1.54) is 0 Å². The SMILES string of the molecule is CN(CC(=O)Nc1cc(-c2ccc(Cl)cc2)nn1C)c1ccccc1. The Balaban J connectivity index is 1.68. The van der Waals surface area contributed by atoms with Crippen LogP contribution in [0.2, 0.25) is 5.02 Å². The molecule has 1 N–H and O–H groups in total. The first-order valence-corrected chi connectivity index (χ1v) is 8.27. The Hall–Kier alpha value is -2.79. The molecule has 6 heteroatoms. The highest BCUT2D eigenvalue weighted by atomic mass is 35.5. The quantitative estimate of drug-likeness (QED) is 0.757. The highest BCUT2D eigenvalue weighted by Gasteiger charge is 2.12. The van der Waals surface area contributed by atoms with Gasteiger partial charge >= 0.3 is 0 Å². The first-order valence-electron chi connectivity index (χ1n) is 7.89. The van der Waals surface area contributed by atoms with Crippen molar-refractivity contribution in [1.29, 1.82) is 0 Å². The van der Waals surface area contributed by atoms with Crippen LogP contribution in [0.4, 0.5) is 11.5 Å². The number of anilines is 2. The molecular weight excluding hydrogens is 336 g/mol. The number of hydrogen-bond acceptors (Lipinski definition) is 3. The zero-order valence-electron chi connectivity index (χ0n) is 14.1. The summed E-state index contributed by atoms with van der Waals surface area (Å²) in [6.07, 6.45) is 0. The summed E-state index contributed by atoms with van der Waals surface area (Å²) in [6.45, 7) is 0.255. The van der Waals surface area contributed by atoms with Gasteiger partial charge in [-0.05, 0) is 24.3 Å². The number of aryl methyl sites for hydroxylation is 1. The zero-order valence-corrected chi connectivity index (χ0v) is 14.9. The number of carbonyl (C=O) groups excluding carboxylic acids is 1. The van der Waals surface area contributed by atoms with Crippen LogP contribution in [0.3, 0.4) is 0 Å². The largest absolute Gasteiger partial charge is 0.365 e. The summed E-state index contributed by atoms with van der Waals surface area (Å²) in [7, 11) is 3.69. The van der Waals surface area contributed by atoms with Crippen LogP contribution in [0.15, 0.2) is 60.7 Å². The molecule has 0 aliphatic carbocycles. The number of nitrogens with one attached hydrogen (secondary N) is 1. The second-order valence-corrected chi connectivity index (χ2v) is 6.22. The van der Waals surface area contributed by atoms with Crippen LogP contribution in [0.25, 0.3) is 11.3 Å². The van der Waals surface area contributed by atoms with Crippen molar-refractivity contribution in [3.63, 3.8) is 0 Å². The molecule has 1 heterocycles. The van der Waals surface area contributed by atoms with Gasteiger partial charge in [-0.25, -0.2) is 0 Å². The van der Waals surface area contributed by atoms with Crippen molar-refractivity contribution in [2.75, 3.05) is 23.8 Å². The predicted octanol–water partition coefficient (Wildman–Crippen LogP) is 3.82. The summed E-state index contributed by atoms with van der Waals surface area (Å²) >= 11 is 5.92. The third-order valence-electron chi connectivity index (χ3n) is 3.87. The van der Waals surface area contributed by atoms with E-state index in [0.717, 1.165) is 16.9 Å². The number of likely N-dealkylation sites (N-methyl/N-ethyl adjacent to an activating group) is 1. The average molecular weight is 355 g/mol. The summed E-state index contributed by atoms with van der Waals surface area (Å²) in [5.41, 5.74) is 2.72. The van der Waals surface area contributed by atoms with E-state index in [9.17, 15) is 4.79 Å². The molecule has 0 aliphatic heterocycles. The van der Waals surface area contributed by atoms with Gasteiger partial charge in [-0.1, -0.05) is 41.9 Å². The predicted molar refractivity (Wildman–Crippen MR) is 102 cm³/mol. The van der Waals surface area contributed by atoms with Gasteiger partial charge in [-0.3, -0.25) is 9.48 Å². The van der Waals surface area contributed by atoms with E-state index in [4.69, 9.17) is 11.6 Å². The summed E-state index contributed by atoms with van der Waals surface area (Å²) in [4.78, 5) is 14.2. The molecule has 0 spiro atoms. The fourth-order valence-corrected chi connectivity index (χ4v) is 2.64. The van der Waals surface area contributed by atoms with Crippen LogP contribution < -0.4 is 10.2 Å².